The van der Waals surface area contributed by atoms with Crippen LogP contribution < -0.4 is 16.4 Å². The molecule has 1 amide bonds. The molecule has 0 atom stereocenters. The predicted molar refractivity (Wildman–Crippen MR) is 78.4 cm³/mol. The maximum Gasteiger partial charge on any atom is 0.411 e. The van der Waals surface area contributed by atoms with Crippen molar-refractivity contribution < 1.29 is 13.9 Å². The number of nitrogen functional groups attached to an aromatic ring is 1. The van der Waals surface area contributed by atoms with Gasteiger partial charge in [0.05, 0.1) is 12.8 Å². The minimum Gasteiger partial charge on any atom is -0.453 e. The highest BCUT2D eigenvalue weighted by Crippen LogP contribution is 2.19. The van der Waals surface area contributed by atoms with Crippen LogP contribution in [0.5, 0.6) is 0 Å². The first-order chi connectivity index (χ1) is 10.1. The molecule has 0 bridgehead atoms. The first kappa shape index (κ1) is 14.6. The number of aromatic nitrogens is 1. The Morgan fingerprint density at radius 1 is 1.29 bits per heavy atom. The van der Waals surface area contributed by atoms with Gasteiger partial charge in [0.2, 0.25) is 0 Å². The molecule has 21 heavy (non-hydrogen) atoms. The summed E-state index contributed by atoms with van der Waals surface area (Å²) in [6.45, 7) is 0.483. The molecule has 4 N–H and O–H groups in total. The second kappa shape index (κ2) is 6.56. The number of carbonyl (C=O) groups is 1. The van der Waals surface area contributed by atoms with E-state index in [9.17, 15) is 9.18 Å². The van der Waals surface area contributed by atoms with E-state index in [2.05, 4.69) is 20.4 Å². The quantitative estimate of drug-likeness (QED) is 0.805. The van der Waals surface area contributed by atoms with Crippen molar-refractivity contribution in [3.05, 3.63) is 47.8 Å². The summed E-state index contributed by atoms with van der Waals surface area (Å²) in [7, 11) is 1.26. The third-order valence-corrected chi connectivity index (χ3v) is 2.73. The average Bonchev–Trinajstić information content (AvgIpc) is 2.49. The van der Waals surface area contributed by atoms with Crippen molar-refractivity contribution in [2.24, 2.45) is 0 Å². The van der Waals surface area contributed by atoms with Crippen LogP contribution in [0.3, 0.4) is 0 Å². The first-order valence-electron chi connectivity index (χ1n) is 6.18. The third kappa shape index (κ3) is 4.07. The summed E-state index contributed by atoms with van der Waals surface area (Å²) in [5, 5.41) is 5.51. The minimum absolute atomic E-state index is 0.171. The lowest BCUT2D eigenvalue weighted by atomic mass is 10.2. The van der Waals surface area contributed by atoms with Crippen molar-refractivity contribution in [2.75, 3.05) is 23.5 Å². The maximum atomic E-state index is 12.8. The van der Waals surface area contributed by atoms with Crippen LogP contribution in [0.25, 0.3) is 0 Å². The SMILES string of the molecule is COC(=O)Nc1ccc(NCc2ccc(F)cc2)nc1N. The van der Waals surface area contributed by atoms with Crippen LogP contribution in [0.15, 0.2) is 36.4 Å². The number of benzene rings is 1. The van der Waals surface area contributed by atoms with Gasteiger partial charge in [-0.25, -0.2) is 14.2 Å². The standard InChI is InChI=1S/C14H15FN4O2/c1-21-14(20)18-11-6-7-12(19-13(11)16)17-8-9-2-4-10(15)5-3-9/h2-7H,8H2,1H3,(H,18,20)(H3,16,17,19). The number of nitrogens with two attached hydrogens (primary N) is 1. The molecule has 0 unspecified atom stereocenters. The van der Waals surface area contributed by atoms with Gasteiger partial charge in [0.1, 0.15) is 17.5 Å². The summed E-state index contributed by atoms with van der Waals surface area (Å²) in [6.07, 6.45) is -0.615. The molecule has 2 rings (SSSR count). The zero-order valence-corrected chi connectivity index (χ0v) is 11.4. The van der Waals surface area contributed by atoms with Gasteiger partial charge in [0.15, 0.2) is 0 Å². The van der Waals surface area contributed by atoms with E-state index in [1.807, 2.05) is 0 Å². The molecule has 7 heteroatoms. The van der Waals surface area contributed by atoms with Crippen LogP contribution in [0.4, 0.5) is 26.5 Å². The highest BCUT2D eigenvalue weighted by molar-refractivity contribution is 5.88. The van der Waals surface area contributed by atoms with E-state index >= 15 is 0 Å². The molecule has 0 aliphatic heterocycles. The summed E-state index contributed by atoms with van der Waals surface area (Å²) < 4.78 is 17.3. The van der Waals surface area contributed by atoms with Gasteiger partial charge in [0, 0.05) is 6.54 Å². The second-order valence-corrected chi connectivity index (χ2v) is 4.23. The number of pyridine rings is 1. The Morgan fingerprint density at radius 2 is 2.00 bits per heavy atom. The van der Waals surface area contributed by atoms with Crippen LogP contribution in [-0.4, -0.2) is 18.2 Å². The highest BCUT2D eigenvalue weighted by atomic mass is 19.1. The molecule has 6 nitrogen and oxygen atoms in total. The largest absolute Gasteiger partial charge is 0.453 e. The lowest BCUT2D eigenvalue weighted by Crippen LogP contribution is -2.13. The molecular formula is C14H15FN4O2. The molecular weight excluding hydrogens is 275 g/mol. The van der Waals surface area contributed by atoms with Crippen molar-refractivity contribution >= 4 is 23.4 Å². The van der Waals surface area contributed by atoms with Gasteiger partial charge in [-0.05, 0) is 29.8 Å². The lowest BCUT2D eigenvalue weighted by Gasteiger charge is -2.10. The third-order valence-electron chi connectivity index (χ3n) is 2.73. The fourth-order valence-electron chi connectivity index (χ4n) is 1.63. The van der Waals surface area contributed by atoms with Gasteiger partial charge in [-0.15, -0.1) is 0 Å². The van der Waals surface area contributed by atoms with E-state index in [0.717, 1.165) is 5.56 Å². The summed E-state index contributed by atoms with van der Waals surface area (Å²) in [6, 6.07) is 9.43. The summed E-state index contributed by atoms with van der Waals surface area (Å²) in [4.78, 5) is 15.2. The van der Waals surface area contributed by atoms with Crippen molar-refractivity contribution in [1.82, 2.24) is 4.98 Å². The van der Waals surface area contributed by atoms with Crippen molar-refractivity contribution in [1.29, 1.82) is 0 Å². The molecule has 1 aromatic carbocycles. The molecule has 0 saturated heterocycles. The highest BCUT2D eigenvalue weighted by Gasteiger charge is 2.06. The Kier molecular flexibility index (Phi) is 4.55. The van der Waals surface area contributed by atoms with Crippen LogP contribution in [0.1, 0.15) is 5.56 Å². The van der Waals surface area contributed by atoms with E-state index < -0.39 is 6.09 Å². The first-order valence-corrected chi connectivity index (χ1v) is 6.18. The Hall–Kier alpha value is -2.83. The number of rotatable bonds is 4. The van der Waals surface area contributed by atoms with E-state index in [4.69, 9.17) is 5.73 Å². The normalized spacial score (nSPS) is 10.0. The summed E-state index contributed by atoms with van der Waals surface area (Å²) in [5.41, 5.74) is 7.02. The fourth-order valence-corrected chi connectivity index (χ4v) is 1.63. The molecule has 2 aromatic rings. The van der Waals surface area contributed by atoms with E-state index in [0.29, 0.717) is 18.1 Å². The van der Waals surface area contributed by atoms with Gasteiger partial charge in [-0.2, -0.15) is 0 Å². The van der Waals surface area contributed by atoms with E-state index in [1.165, 1.54) is 19.2 Å². The van der Waals surface area contributed by atoms with Crippen LogP contribution in [-0.2, 0) is 11.3 Å². The summed E-state index contributed by atoms with van der Waals surface area (Å²) >= 11 is 0. The molecule has 0 aliphatic rings. The molecule has 0 spiro atoms. The number of nitrogens with zero attached hydrogens (tertiary/aromatic N) is 1. The van der Waals surface area contributed by atoms with E-state index in [1.54, 1.807) is 24.3 Å². The number of nitrogens with one attached hydrogen (secondary N) is 2. The van der Waals surface area contributed by atoms with Gasteiger partial charge in [0.25, 0.3) is 0 Å². The molecule has 0 aliphatic carbocycles. The van der Waals surface area contributed by atoms with Crippen molar-refractivity contribution in [2.45, 2.75) is 6.54 Å². The number of anilines is 3. The molecule has 110 valence electrons. The average molecular weight is 290 g/mol. The topological polar surface area (TPSA) is 89.3 Å². The Bertz CT molecular complexity index is 631. The number of carbonyl (C=O) groups excluding carboxylic acids is 1. The zero-order valence-electron chi connectivity index (χ0n) is 11.4. The lowest BCUT2D eigenvalue weighted by molar-refractivity contribution is 0.187. The summed E-state index contributed by atoms with van der Waals surface area (Å²) in [5.74, 6) is 0.441. The fraction of sp³-hybridized carbons (Fsp3) is 0.143. The van der Waals surface area contributed by atoms with Crippen LogP contribution in [0.2, 0.25) is 0 Å². The number of hydrogen-bond donors (Lipinski definition) is 3. The van der Waals surface area contributed by atoms with Crippen molar-refractivity contribution in [3.8, 4) is 0 Å². The Labute approximate surface area is 121 Å². The number of halogens is 1. The Balaban J connectivity index is 1.99. The second-order valence-electron chi connectivity index (χ2n) is 4.23. The number of ether oxygens (including phenoxy) is 1. The zero-order chi connectivity index (χ0) is 15.2. The molecule has 1 heterocycles. The van der Waals surface area contributed by atoms with Crippen LogP contribution >= 0.6 is 0 Å². The van der Waals surface area contributed by atoms with Gasteiger partial charge in [-0.3, -0.25) is 5.32 Å². The van der Waals surface area contributed by atoms with Crippen LogP contribution in [0, 0.1) is 5.82 Å². The van der Waals surface area contributed by atoms with Crippen molar-refractivity contribution in [3.63, 3.8) is 0 Å². The number of methoxy groups -OCH3 is 1. The minimum atomic E-state index is -0.615. The molecule has 0 radical (unpaired) electrons. The Morgan fingerprint density at radius 3 is 2.62 bits per heavy atom. The monoisotopic (exact) mass is 290 g/mol. The predicted octanol–water partition coefficient (Wildman–Crippen LogP) is 2.59. The van der Waals surface area contributed by atoms with Gasteiger partial charge >= 0.3 is 6.09 Å². The van der Waals surface area contributed by atoms with Gasteiger partial charge < -0.3 is 15.8 Å². The molecule has 0 saturated carbocycles. The smallest absolute Gasteiger partial charge is 0.411 e. The molecule has 0 fully saturated rings. The maximum absolute atomic E-state index is 12.8. The van der Waals surface area contributed by atoms with Gasteiger partial charge in [-0.1, -0.05) is 12.1 Å². The number of amides is 1. The number of hydrogen-bond acceptors (Lipinski definition) is 5. The molecule has 1 aromatic heterocycles. The van der Waals surface area contributed by atoms with E-state index in [-0.39, 0.29) is 11.6 Å².